The number of carbonyl (C=O) groups is 1. The molecule has 1 aromatic heterocycles. The molecule has 1 atom stereocenters. The van der Waals surface area contributed by atoms with Gasteiger partial charge in [-0.1, -0.05) is 12.1 Å². The van der Waals surface area contributed by atoms with E-state index < -0.39 is 0 Å². The van der Waals surface area contributed by atoms with E-state index in [9.17, 15) is 4.79 Å². The van der Waals surface area contributed by atoms with E-state index in [2.05, 4.69) is 15.3 Å². The summed E-state index contributed by atoms with van der Waals surface area (Å²) in [5.41, 5.74) is 3.12. The Hall–Kier alpha value is -2.30. The minimum atomic E-state index is -0.118. The predicted molar refractivity (Wildman–Crippen MR) is 84.4 cm³/mol. The maximum absolute atomic E-state index is 12.1. The third-order valence-corrected chi connectivity index (χ3v) is 3.33. The number of hydrogen-bond acceptors (Lipinski definition) is 3. The maximum Gasteiger partial charge on any atom is 0.224 e. The number of hydrogen-bond donors (Lipinski definition) is 2. The fourth-order valence-corrected chi connectivity index (χ4v) is 2.11. The van der Waals surface area contributed by atoms with Gasteiger partial charge in [-0.3, -0.25) is 4.79 Å². The van der Waals surface area contributed by atoms with E-state index in [1.54, 1.807) is 6.20 Å². The van der Waals surface area contributed by atoms with Crippen LogP contribution in [0.5, 0.6) is 0 Å². The average molecular weight is 286 g/mol. The number of rotatable bonds is 5. The van der Waals surface area contributed by atoms with Crippen molar-refractivity contribution in [3.8, 4) is 0 Å². The number of aromatic amines is 1. The molecule has 2 rings (SSSR count). The van der Waals surface area contributed by atoms with E-state index >= 15 is 0 Å². The minimum Gasteiger partial charge on any atom is -0.378 e. The van der Waals surface area contributed by atoms with Crippen LogP contribution in [0.2, 0.25) is 0 Å². The van der Waals surface area contributed by atoms with Gasteiger partial charge in [-0.2, -0.15) is 0 Å². The van der Waals surface area contributed by atoms with Gasteiger partial charge in [0.2, 0.25) is 5.91 Å². The first-order valence-corrected chi connectivity index (χ1v) is 7.03. The summed E-state index contributed by atoms with van der Waals surface area (Å²) in [7, 11) is 3.99. The summed E-state index contributed by atoms with van der Waals surface area (Å²) >= 11 is 0. The highest BCUT2D eigenvalue weighted by Crippen LogP contribution is 2.13. The highest BCUT2D eigenvalue weighted by Gasteiger charge is 2.12. The molecule has 0 fully saturated rings. The van der Waals surface area contributed by atoms with E-state index in [0.717, 1.165) is 22.8 Å². The Labute approximate surface area is 125 Å². The van der Waals surface area contributed by atoms with Crippen molar-refractivity contribution >= 4 is 11.6 Å². The van der Waals surface area contributed by atoms with Crippen molar-refractivity contribution < 1.29 is 4.79 Å². The molecule has 0 unspecified atom stereocenters. The standard InChI is InChI=1S/C16H22N4O/c1-11-10-17-16(18-11)12(2)19-15(21)9-13-5-7-14(8-6-13)20(3)4/h5-8,10,12H,9H2,1-4H3,(H,17,18)(H,19,21)/t12-/m1/s1. The van der Waals surface area contributed by atoms with Gasteiger partial charge < -0.3 is 15.2 Å². The third-order valence-electron chi connectivity index (χ3n) is 3.33. The number of benzene rings is 1. The smallest absolute Gasteiger partial charge is 0.224 e. The van der Waals surface area contributed by atoms with Crippen molar-refractivity contribution in [1.82, 2.24) is 15.3 Å². The molecule has 0 saturated heterocycles. The largest absolute Gasteiger partial charge is 0.378 e. The van der Waals surface area contributed by atoms with Crippen molar-refractivity contribution in [1.29, 1.82) is 0 Å². The molecule has 5 heteroatoms. The number of carbonyl (C=O) groups excluding carboxylic acids is 1. The third kappa shape index (κ3) is 4.08. The summed E-state index contributed by atoms with van der Waals surface area (Å²) in [5.74, 6) is 0.776. The summed E-state index contributed by atoms with van der Waals surface area (Å²) in [6.45, 7) is 3.86. The van der Waals surface area contributed by atoms with E-state index in [4.69, 9.17) is 0 Å². The van der Waals surface area contributed by atoms with Crippen LogP contribution in [0.25, 0.3) is 0 Å². The second-order valence-electron chi connectivity index (χ2n) is 5.48. The Kier molecular flexibility index (Phi) is 4.62. The zero-order valence-corrected chi connectivity index (χ0v) is 13.0. The summed E-state index contributed by atoms with van der Waals surface area (Å²) in [4.78, 5) is 21.5. The quantitative estimate of drug-likeness (QED) is 0.886. The van der Waals surface area contributed by atoms with Gasteiger partial charge in [-0.05, 0) is 31.5 Å². The lowest BCUT2D eigenvalue weighted by Crippen LogP contribution is -2.28. The fraction of sp³-hybridized carbons (Fsp3) is 0.375. The first-order valence-electron chi connectivity index (χ1n) is 7.03. The Morgan fingerprint density at radius 1 is 1.33 bits per heavy atom. The second-order valence-corrected chi connectivity index (χ2v) is 5.48. The first kappa shape index (κ1) is 15.1. The summed E-state index contributed by atoms with van der Waals surface area (Å²) in [5, 5.41) is 2.95. The van der Waals surface area contributed by atoms with E-state index in [-0.39, 0.29) is 11.9 Å². The molecule has 1 aromatic carbocycles. The molecule has 2 aromatic rings. The van der Waals surface area contributed by atoms with Crippen LogP contribution in [-0.2, 0) is 11.2 Å². The van der Waals surface area contributed by atoms with Crippen LogP contribution < -0.4 is 10.2 Å². The van der Waals surface area contributed by atoms with Crippen LogP contribution >= 0.6 is 0 Å². The number of aromatic nitrogens is 2. The molecule has 1 heterocycles. The number of H-pyrrole nitrogens is 1. The van der Waals surface area contributed by atoms with E-state index in [1.165, 1.54) is 0 Å². The molecule has 0 saturated carbocycles. The van der Waals surface area contributed by atoms with Gasteiger partial charge >= 0.3 is 0 Å². The summed E-state index contributed by atoms with van der Waals surface area (Å²) in [6, 6.07) is 7.88. The van der Waals surface area contributed by atoms with Crippen LogP contribution in [0.4, 0.5) is 5.69 Å². The molecule has 0 radical (unpaired) electrons. The van der Waals surface area contributed by atoms with Gasteiger partial charge in [0.25, 0.3) is 0 Å². The lowest BCUT2D eigenvalue weighted by atomic mass is 10.1. The van der Waals surface area contributed by atoms with Gasteiger partial charge in [0.05, 0.1) is 12.5 Å². The lowest BCUT2D eigenvalue weighted by Gasteiger charge is -2.14. The van der Waals surface area contributed by atoms with E-state index in [0.29, 0.717) is 6.42 Å². The van der Waals surface area contributed by atoms with Gasteiger partial charge in [0.1, 0.15) is 5.82 Å². The zero-order valence-electron chi connectivity index (χ0n) is 13.0. The van der Waals surface area contributed by atoms with Gasteiger partial charge in [0.15, 0.2) is 0 Å². The Morgan fingerprint density at radius 3 is 2.52 bits per heavy atom. The molecule has 21 heavy (non-hydrogen) atoms. The first-order chi connectivity index (χ1) is 9.95. The lowest BCUT2D eigenvalue weighted by molar-refractivity contribution is -0.121. The molecule has 5 nitrogen and oxygen atoms in total. The highest BCUT2D eigenvalue weighted by molar-refractivity contribution is 5.79. The molecular formula is C16H22N4O. The Balaban J connectivity index is 1.92. The second kappa shape index (κ2) is 6.43. The number of anilines is 1. The fourth-order valence-electron chi connectivity index (χ4n) is 2.11. The zero-order chi connectivity index (χ0) is 15.4. The maximum atomic E-state index is 12.1. The van der Waals surface area contributed by atoms with Crippen molar-refractivity contribution in [2.45, 2.75) is 26.3 Å². The van der Waals surface area contributed by atoms with Crippen molar-refractivity contribution in [3.63, 3.8) is 0 Å². The summed E-state index contributed by atoms with van der Waals surface area (Å²) < 4.78 is 0. The molecule has 0 bridgehead atoms. The SMILES string of the molecule is Cc1cnc([C@@H](C)NC(=O)Cc2ccc(N(C)C)cc2)[nH]1. The monoisotopic (exact) mass is 286 g/mol. The Morgan fingerprint density at radius 2 is 2.00 bits per heavy atom. The van der Waals surface area contributed by atoms with E-state index in [1.807, 2.05) is 57.1 Å². The van der Waals surface area contributed by atoms with Crippen LogP contribution in [0.15, 0.2) is 30.5 Å². The molecule has 1 amide bonds. The molecule has 0 spiro atoms. The van der Waals surface area contributed by atoms with Crippen LogP contribution in [0.3, 0.4) is 0 Å². The molecule has 112 valence electrons. The minimum absolute atomic E-state index is 0.00541. The van der Waals surface area contributed by atoms with Crippen LogP contribution in [-0.4, -0.2) is 30.0 Å². The van der Waals surface area contributed by atoms with Crippen LogP contribution in [0, 0.1) is 6.92 Å². The number of nitrogens with zero attached hydrogens (tertiary/aromatic N) is 2. The average Bonchev–Trinajstić information content (AvgIpc) is 2.86. The van der Waals surface area contributed by atoms with Crippen molar-refractivity contribution in [2.24, 2.45) is 0 Å². The molecule has 2 N–H and O–H groups in total. The number of aryl methyl sites for hydroxylation is 1. The number of imidazole rings is 1. The topological polar surface area (TPSA) is 61.0 Å². The van der Waals surface area contributed by atoms with Crippen molar-refractivity contribution in [3.05, 3.63) is 47.5 Å². The van der Waals surface area contributed by atoms with Crippen molar-refractivity contribution in [2.75, 3.05) is 19.0 Å². The molecule has 0 aliphatic carbocycles. The normalized spacial score (nSPS) is 12.0. The van der Waals surface area contributed by atoms with Gasteiger partial charge in [-0.15, -0.1) is 0 Å². The Bertz CT molecular complexity index is 601. The molecular weight excluding hydrogens is 264 g/mol. The van der Waals surface area contributed by atoms with Gasteiger partial charge in [-0.25, -0.2) is 4.98 Å². The number of amides is 1. The summed E-state index contributed by atoms with van der Waals surface area (Å²) in [6.07, 6.45) is 2.13. The predicted octanol–water partition coefficient (Wildman–Crippen LogP) is 2.20. The highest BCUT2D eigenvalue weighted by atomic mass is 16.1. The number of nitrogens with one attached hydrogen (secondary N) is 2. The van der Waals surface area contributed by atoms with Gasteiger partial charge in [0, 0.05) is 31.7 Å². The van der Waals surface area contributed by atoms with Crippen LogP contribution in [0.1, 0.15) is 30.0 Å². The molecule has 0 aliphatic heterocycles. The molecule has 0 aliphatic rings.